The molecule has 2 rings (SSSR count). The Labute approximate surface area is 130 Å². The van der Waals surface area contributed by atoms with Crippen LogP contribution in [0.15, 0.2) is 47.4 Å². The zero-order valence-corrected chi connectivity index (χ0v) is 12.1. The number of hydrogen-bond acceptors (Lipinski definition) is 6. The molecule has 1 aromatic heterocycles. The van der Waals surface area contributed by atoms with E-state index in [0.717, 1.165) is 0 Å². The van der Waals surface area contributed by atoms with E-state index >= 15 is 0 Å². The monoisotopic (exact) mass is 312 g/mol. The highest BCUT2D eigenvalue weighted by molar-refractivity contribution is 7.12. The molecule has 0 unspecified atom stereocenters. The summed E-state index contributed by atoms with van der Waals surface area (Å²) in [5, 5.41) is 21.4. The van der Waals surface area contributed by atoms with E-state index < -0.39 is 12.6 Å². The van der Waals surface area contributed by atoms with Gasteiger partial charge in [0.2, 0.25) is 5.78 Å². The van der Waals surface area contributed by atoms with Crippen LogP contribution in [0.1, 0.15) is 15.2 Å². The molecular formula is C16H10NO4S-. The van der Waals surface area contributed by atoms with Gasteiger partial charge >= 0.3 is 0 Å². The molecule has 110 valence electrons. The Morgan fingerprint density at radius 1 is 1.27 bits per heavy atom. The second-order valence-electron chi connectivity index (χ2n) is 4.17. The molecule has 6 heteroatoms. The number of rotatable bonds is 6. The largest absolute Gasteiger partial charge is 0.546 e. The number of aliphatic carboxylic acids is 1. The van der Waals surface area contributed by atoms with Gasteiger partial charge < -0.3 is 14.6 Å². The van der Waals surface area contributed by atoms with Crippen LogP contribution in [-0.4, -0.2) is 18.4 Å². The van der Waals surface area contributed by atoms with E-state index in [1.807, 2.05) is 6.07 Å². The van der Waals surface area contributed by atoms with Gasteiger partial charge in [-0.1, -0.05) is 24.3 Å². The van der Waals surface area contributed by atoms with Crippen LogP contribution >= 0.6 is 11.3 Å². The van der Waals surface area contributed by atoms with Crippen LogP contribution in [-0.2, 0) is 4.79 Å². The summed E-state index contributed by atoms with van der Waals surface area (Å²) in [5.41, 5.74) is 0.400. The summed E-state index contributed by atoms with van der Waals surface area (Å²) in [6, 6.07) is 11.8. The Hall–Kier alpha value is -2.91. The van der Waals surface area contributed by atoms with Crippen molar-refractivity contribution in [1.82, 2.24) is 0 Å². The van der Waals surface area contributed by atoms with Crippen LogP contribution in [0.2, 0.25) is 0 Å². The molecule has 0 amide bonds. The number of ether oxygens (including phenoxy) is 1. The number of carbonyl (C=O) groups excluding carboxylic acids is 2. The standard InChI is InChI=1S/C16H11NO4S/c17-9-12(16(20)14-6-3-7-22-14)8-11-4-1-2-5-13(11)21-10-15(18)19/h1-8H,10H2,(H,18,19)/p-1/b12-8+. The quantitative estimate of drug-likeness (QED) is 0.460. The van der Waals surface area contributed by atoms with E-state index in [1.165, 1.54) is 17.4 Å². The van der Waals surface area contributed by atoms with Crippen LogP contribution in [0.5, 0.6) is 5.75 Å². The lowest BCUT2D eigenvalue weighted by Crippen LogP contribution is -2.29. The predicted octanol–water partition coefficient (Wildman–Crippen LogP) is 1.67. The number of para-hydroxylation sites is 1. The lowest BCUT2D eigenvalue weighted by Gasteiger charge is -2.09. The number of Topliss-reactive ketones (excluding diaryl/α,β-unsaturated/α-hetero) is 1. The number of thiophene rings is 1. The zero-order valence-electron chi connectivity index (χ0n) is 11.3. The van der Waals surface area contributed by atoms with E-state index in [4.69, 9.17) is 4.74 Å². The third kappa shape index (κ3) is 3.81. The van der Waals surface area contributed by atoms with Crippen LogP contribution in [0.3, 0.4) is 0 Å². The van der Waals surface area contributed by atoms with Gasteiger partial charge in [-0.15, -0.1) is 11.3 Å². The number of hydrogen-bond donors (Lipinski definition) is 0. The van der Waals surface area contributed by atoms with Gasteiger partial charge in [0, 0.05) is 5.56 Å². The SMILES string of the molecule is N#C/C(=C\c1ccccc1OCC(=O)[O-])C(=O)c1cccs1. The second-order valence-corrected chi connectivity index (χ2v) is 5.12. The normalized spacial score (nSPS) is 10.8. The van der Waals surface area contributed by atoms with Crippen molar-refractivity contribution in [2.24, 2.45) is 0 Å². The Balaban J connectivity index is 2.32. The Bertz CT molecular complexity index is 757. The van der Waals surface area contributed by atoms with Gasteiger partial charge in [-0.25, -0.2) is 0 Å². The molecule has 0 aliphatic carbocycles. The van der Waals surface area contributed by atoms with E-state index in [2.05, 4.69) is 0 Å². The average molecular weight is 312 g/mol. The van der Waals surface area contributed by atoms with Gasteiger partial charge in [-0.05, 0) is 23.6 Å². The molecule has 0 aliphatic heterocycles. The average Bonchev–Trinajstić information content (AvgIpc) is 3.05. The maximum absolute atomic E-state index is 12.2. The summed E-state index contributed by atoms with van der Waals surface area (Å²) < 4.78 is 5.09. The van der Waals surface area contributed by atoms with Crippen LogP contribution in [0.4, 0.5) is 0 Å². The highest BCUT2D eigenvalue weighted by atomic mass is 32.1. The number of carbonyl (C=O) groups is 2. The first-order chi connectivity index (χ1) is 10.6. The summed E-state index contributed by atoms with van der Waals surface area (Å²) in [6.07, 6.45) is 1.38. The Kier molecular flexibility index (Phi) is 5.07. The van der Waals surface area contributed by atoms with E-state index in [9.17, 15) is 20.0 Å². The van der Waals surface area contributed by atoms with Gasteiger partial charge in [0.25, 0.3) is 0 Å². The van der Waals surface area contributed by atoms with Gasteiger partial charge in [-0.2, -0.15) is 5.26 Å². The molecule has 0 bridgehead atoms. The number of nitrogens with zero attached hydrogens (tertiary/aromatic N) is 1. The maximum Gasteiger partial charge on any atom is 0.213 e. The zero-order chi connectivity index (χ0) is 15.9. The minimum atomic E-state index is -1.35. The summed E-state index contributed by atoms with van der Waals surface area (Å²) in [7, 11) is 0. The second kappa shape index (κ2) is 7.20. The highest BCUT2D eigenvalue weighted by Gasteiger charge is 2.14. The van der Waals surface area contributed by atoms with Crippen molar-refractivity contribution in [3.63, 3.8) is 0 Å². The molecule has 22 heavy (non-hydrogen) atoms. The lowest BCUT2D eigenvalue weighted by atomic mass is 10.1. The van der Waals surface area contributed by atoms with Crippen LogP contribution < -0.4 is 9.84 Å². The molecule has 0 radical (unpaired) electrons. The van der Waals surface area contributed by atoms with Gasteiger partial charge in [-0.3, -0.25) is 4.79 Å². The Morgan fingerprint density at radius 3 is 2.68 bits per heavy atom. The number of nitriles is 1. The number of benzene rings is 1. The fourth-order valence-corrected chi connectivity index (χ4v) is 2.39. The van der Waals surface area contributed by atoms with Crippen molar-refractivity contribution in [2.75, 3.05) is 6.61 Å². The first kappa shape index (κ1) is 15.5. The molecule has 1 heterocycles. The van der Waals surface area contributed by atoms with Gasteiger partial charge in [0.1, 0.15) is 24.0 Å². The van der Waals surface area contributed by atoms with Crippen molar-refractivity contribution < 1.29 is 19.4 Å². The van der Waals surface area contributed by atoms with E-state index in [1.54, 1.807) is 41.8 Å². The lowest BCUT2D eigenvalue weighted by molar-refractivity contribution is -0.307. The molecule has 0 atom stereocenters. The van der Waals surface area contributed by atoms with Crippen molar-refractivity contribution in [3.8, 4) is 11.8 Å². The van der Waals surface area contributed by atoms with Gasteiger partial charge in [0.15, 0.2) is 0 Å². The van der Waals surface area contributed by atoms with Crippen molar-refractivity contribution in [1.29, 1.82) is 5.26 Å². The van der Waals surface area contributed by atoms with Crippen molar-refractivity contribution in [3.05, 3.63) is 57.8 Å². The first-order valence-electron chi connectivity index (χ1n) is 6.23. The molecule has 0 N–H and O–H groups in total. The van der Waals surface area contributed by atoms with Crippen LogP contribution in [0.25, 0.3) is 6.08 Å². The third-order valence-corrected chi connectivity index (χ3v) is 3.54. The van der Waals surface area contributed by atoms with Gasteiger partial charge in [0.05, 0.1) is 10.8 Å². The summed E-state index contributed by atoms with van der Waals surface area (Å²) in [5.74, 6) is -1.47. The molecule has 0 fully saturated rings. The van der Waals surface area contributed by atoms with Crippen LogP contribution in [0, 0.1) is 11.3 Å². The first-order valence-corrected chi connectivity index (χ1v) is 7.11. The minimum absolute atomic E-state index is 0.0491. The molecule has 0 saturated carbocycles. The molecular weight excluding hydrogens is 302 g/mol. The highest BCUT2D eigenvalue weighted by Crippen LogP contribution is 2.23. The number of carboxylic acids is 1. The van der Waals surface area contributed by atoms with Crippen molar-refractivity contribution >= 4 is 29.2 Å². The maximum atomic E-state index is 12.2. The molecule has 0 spiro atoms. The molecule has 0 saturated heterocycles. The molecule has 5 nitrogen and oxygen atoms in total. The van der Waals surface area contributed by atoms with E-state index in [0.29, 0.717) is 10.4 Å². The number of ketones is 1. The smallest absolute Gasteiger partial charge is 0.213 e. The topological polar surface area (TPSA) is 90.2 Å². The summed E-state index contributed by atoms with van der Waals surface area (Å²) in [6.45, 7) is -0.606. The molecule has 0 aliphatic rings. The summed E-state index contributed by atoms with van der Waals surface area (Å²) >= 11 is 1.24. The number of carboxylic acid groups (broad SMARTS) is 1. The molecule has 1 aromatic carbocycles. The predicted molar refractivity (Wildman–Crippen MR) is 79.2 cm³/mol. The molecule has 2 aromatic rings. The fraction of sp³-hybridized carbons (Fsp3) is 0.0625. The van der Waals surface area contributed by atoms with Crippen molar-refractivity contribution in [2.45, 2.75) is 0 Å². The third-order valence-electron chi connectivity index (χ3n) is 2.67. The minimum Gasteiger partial charge on any atom is -0.546 e. The number of allylic oxidation sites excluding steroid dienone is 1. The Morgan fingerprint density at radius 2 is 2.05 bits per heavy atom. The fourth-order valence-electron chi connectivity index (χ4n) is 1.71. The van der Waals surface area contributed by atoms with E-state index in [-0.39, 0.29) is 17.1 Å². The summed E-state index contributed by atoms with van der Waals surface area (Å²) in [4.78, 5) is 23.1.